The number of ether oxygens (including phenoxy) is 2. The molecule has 0 saturated carbocycles. The van der Waals surface area contributed by atoms with Crippen molar-refractivity contribution in [3.63, 3.8) is 0 Å². The summed E-state index contributed by atoms with van der Waals surface area (Å²) in [5, 5.41) is 10.8. The molecule has 0 saturated heterocycles. The molecule has 0 bridgehead atoms. The Labute approximate surface area is 166 Å². The molecule has 1 aromatic heterocycles. The van der Waals surface area contributed by atoms with Crippen LogP contribution in [0.1, 0.15) is 15.4 Å². The molecular formula is C18H17N3O5S2. The number of nitrogens with one attached hydrogen (secondary N) is 1. The van der Waals surface area contributed by atoms with E-state index in [1.54, 1.807) is 36.4 Å². The average molecular weight is 419 g/mol. The third-order valence-corrected chi connectivity index (χ3v) is 6.42. The van der Waals surface area contributed by atoms with Gasteiger partial charge in [0.15, 0.2) is 9.84 Å². The second-order valence-electron chi connectivity index (χ2n) is 5.59. The van der Waals surface area contributed by atoms with Crippen molar-refractivity contribution in [2.45, 2.75) is 10.6 Å². The van der Waals surface area contributed by atoms with Crippen molar-refractivity contribution in [2.75, 3.05) is 19.5 Å². The van der Waals surface area contributed by atoms with Gasteiger partial charge in [0, 0.05) is 6.07 Å². The number of anilines is 1. The Kier molecular flexibility index (Phi) is 5.90. The van der Waals surface area contributed by atoms with Gasteiger partial charge < -0.3 is 9.47 Å². The highest BCUT2D eigenvalue weighted by Crippen LogP contribution is 2.26. The van der Waals surface area contributed by atoms with Gasteiger partial charge in [0.1, 0.15) is 22.3 Å². The maximum atomic E-state index is 12.5. The minimum atomic E-state index is -3.54. The van der Waals surface area contributed by atoms with Crippen LogP contribution in [-0.2, 0) is 15.6 Å². The summed E-state index contributed by atoms with van der Waals surface area (Å²) in [4.78, 5) is 12.7. The molecule has 3 rings (SSSR count). The van der Waals surface area contributed by atoms with Gasteiger partial charge in [-0.25, -0.2) is 8.42 Å². The number of carbonyl (C=O) groups excluding carboxylic acids is 1. The SMILES string of the molecule is COc1ccc(C(=O)Nc2nnc(CS(=O)(=O)c3ccccc3)s2)c(OC)c1. The Morgan fingerprint density at radius 2 is 1.82 bits per heavy atom. The molecule has 10 heteroatoms. The summed E-state index contributed by atoms with van der Waals surface area (Å²) in [5.41, 5.74) is 0.289. The number of hydrogen-bond acceptors (Lipinski definition) is 8. The second-order valence-corrected chi connectivity index (χ2v) is 8.65. The fraction of sp³-hybridized carbons (Fsp3) is 0.167. The lowest BCUT2D eigenvalue weighted by atomic mass is 10.2. The highest BCUT2D eigenvalue weighted by atomic mass is 32.2. The van der Waals surface area contributed by atoms with Crippen LogP contribution >= 0.6 is 11.3 Å². The third-order valence-electron chi connectivity index (χ3n) is 3.76. The van der Waals surface area contributed by atoms with Crippen LogP contribution < -0.4 is 14.8 Å². The van der Waals surface area contributed by atoms with Crippen LogP contribution in [0.2, 0.25) is 0 Å². The van der Waals surface area contributed by atoms with Crippen LogP contribution in [0.15, 0.2) is 53.4 Å². The summed E-state index contributed by atoms with van der Waals surface area (Å²) in [7, 11) is -0.576. The van der Waals surface area contributed by atoms with Crippen LogP contribution in [0.3, 0.4) is 0 Å². The molecule has 1 amide bonds. The summed E-state index contributed by atoms with van der Waals surface area (Å²) < 4.78 is 35.2. The quantitative estimate of drug-likeness (QED) is 0.627. The van der Waals surface area contributed by atoms with E-state index in [1.807, 2.05) is 0 Å². The largest absolute Gasteiger partial charge is 0.497 e. The first-order valence-electron chi connectivity index (χ1n) is 8.06. The predicted octanol–water partition coefficient (Wildman–Crippen LogP) is 2.78. The second kappa shape index (κ2) is 8.36. The highest BCUT2D eigenvalue weighted by Gasteiger charge is 2.20. The van der Waals surface area contributed by atoms with E-state index < -0.39 is 15.7 Å². The van der Waals surface area contributed by atoms with Gasteiger partial charge in [-0.1, -0.05) is 29.5 Å². The molecule has 146 valence electrons. The number of hydrogen-bond donors (Lipinski definition) is 1. The van der Waals surface area contributed by atoms with E-state index in [0.717, 1.165) is 11.3 Å². The molecule has 28 heavy (non-hydrogen) atoms. The van der Waals surface area contributed by atoms with Crippen LogP contribution in [0.25, 0.3) is 0 Å². The zero-order valence-electron chi connectivity index (χ0n) is 15.1. The van der Waals surface area contributed by atoms with E-state index in [-0.39, 0.29) is 26.4 Å². The molecule has 0 spiro atoms. The molecule has 1 heterocycles. The van der Waals surface area contributed by atoms with Crippen molar-refractivity contribution in [2.24, 2.45) is 0 Å². The number of benzene rings is 2. The van der Waals surface area contributed by atoms with Crippen LogP contribution in [0.4, 0.5) is 5.13 Å². The summed E-state index contributed by atoms with van der Waals surface area (Å²) in [6, 6.07) is 12.9. The Morgan fingerprint density at radius 1 is 1.07 bits per heavy atom. The summed E-state index contributed by atoms with van der Waals surface area (Å²) >= 11 is 1.000. The maximum absolute atomic E-state index is 12.5. The minimum absolute atomic E-state index is 0.195. The third kappa shape index (κ3) is 4.46. The topological polar surface area (TPSA) is 107 Å². The molecule has 0 atom stereocenters. The monoisotopic (exact) mass is 419 g/mol. The van der Waals surface area contributed by atoms with Crippen molar-refractivity contribution < 1.29 is 22.7 Å². The lowest BCUT2D eigenvalue weighted by molar-refractivity contribution is 0.102. The normalized spacial score (nSPS) is 11.1. The van der Waals surface area contributed by atoms with E-state index in [2.05, 4.69) is 15.5 Å². The molecule has 0 fully saturated rings. The molecule has 0 aliphatic rings. The first-order chi connectivity index (χ1) is 13.4. The predicted molar refractivity (Wildman–Crippen MR) is 105 cm³/mol. The van der Waals surface area contributed by atoms with E-state index >= 15 is 0 Å². The summed E-state index contributed by atoms with van der Waals surface area (Å²) in [6.45, 7) is 0. The number of rotatable bonds is 7. The van der Waals surface area contributed by atoms with E-state index in [4.69, 9.17) is 9.47 Å². The molecule has 8 nitrogen and oxygen atoms in total. The van der Waals surface area contributed by atoms with Crippen molar-refractivity contribution in [3.8, 4) is 11.5 Å². The molecule has 0 aliphatic carbocycles. The van der Waals surface area contributed by atoms with Gasteiger partial charge in [-0.2, -0.15) is 0 Å². The summed E-state index contributed by atoms with van der Waals surface area (Å²) in [6.07, 6.45) is 0. The minimum Gasteiger partial charge on any atom is -0.497 e. The molecule has 3 aromatic rings. The first kappa shape index (κ1) is 19.8. The van der Waals surface area contributed by atoms with E-state index in [9.17, 15) is 13.2 Å². The van der Waals surface area contributed by atoms with Gasteiger partial charge in [0.05, 0.1) is 24.7 Å². The van der Waals surface area contributed by atoms with Crippen molar-refractivity contribution in [1.82, 2.24) is 10.2 Å². The van der Waals surface area contributed by atoms with E-state index in [1.165, 1.54) is 26.4 Å². The molecule has 0 unspecified atom stereocenters. The van der Waals surface area contributed by atoms with Gasteiger partial charge >= 0.3 is 0 Å². The zero-order chi connectivity index (χ0) is 20.1. The van der Waals surface area contributed by atoms with Crippen LogP contribution in [0.5, 0.6) is 11.5 Å². The number of carbonyl (C=O) groups is 1. The van der Waals surface area contributed by atoms with E-state index in [0.29, 0.717) is 11.5 Å². The standard InChI is InChI=1S/C18H17N3O5S2/c1-25-12-8-9-14(15(10-12)26-2)17(22)19-18-21-20-16(27-18)11-28(23,24)13-6-4-3-5-7-13/h3-10H,11H2,1-2H3,(H,19,21,22). The zero-order valence-corrected chi connectivity index (χ0v) is 16.7. The smallest absolute Gasteiger partial charge is 0.261 e. The molecule has 2 aromatic carbocycles. The maximum Gasteiger partial charge on any atom is 0.261 e. The average Bonchev–Trinajstić information content (AvgIpc) is 3.13. The number of sulfone groups is 1. The lowest BCUT2D eigenvalue weighted by Crippen LogP contribution is -2.13. The summed E-state index contributed by atoms with van der Waals surface area (Å²) in [5.74, 6) is 0.148. The fourth-order valence-corrected chi connectivity index (χ4v) is 4.74. The molecule has 0 aliphatic heterocycles. The van der Waals surface area contributed by atoms with Gasteiger partial charge in [0.25, 0.3) is 5.91 Å². The molecular weight excluding hydrogens is 402 g/mol. The Balaban J connectivity index is 1.74. The first-order valence-corrected chi connectivity index (χ1v) is 10.5. The van der Waals surface area contributed by atoms with Gasteiger partial charge in [-0.15, -0.1) is 10.2 Å². The number of amides is 1. The van der Waals surface area contributed by atoms with Gasteiger partial charge in [0.2, 0.25) is 5.13 Å². The number of aromatic nitrogens is 2. The molecule has 0 radical (unpaired) electrons. The van der Waals surface area contributed by atoms with Gasteiger partial charge in [-0.3, -0.25) is 10.1 Å². The van der Waals surface area contributed by atoms with Crippen molar-refractivity contribution in [1.29, 1.82) is 0 Å². The Bertz CT molecular complexity index is 1080. The van der Waals surface area contributed by atoms with Crippen LogP contribution in [0, 0.1) is 0 Å². The lowest BCUT2D eigenvalue weighted by Gasteiger charge is -2.09. The number of methoxy groups -OCH3 is 2. The van der Waals surface area contributed by atoms with Gasteiger partial charge in [-0.05, 0) is 24.3 Å². The molecule has 1 N–H and O–H groups in total. The fourth-order valence-electron chi connectivity index (χ4n) is 2.39. The van der Waals surface area contributed by atoms with Crippen molar-refractivity contribution >= 4 is 32.2 Å². The highest BCUT2D eigenvalue weighted by molar-refractivity contribution is 7.90. The Hall–Kier alpha value is -2.98. The Morgan fingerprint density at radius 3 is 2.50 bits per heavy atom. The van der Waals surface area contributed by atoms with Crippen LogP contribution in [-0.4, -0.2) is 38.7 Å². The van der Waals surface area contributed by atoms with Crippen molar-refractivity contribution in [3.05, 3.63) is 59.1 Å². The number of nitrogens with zero attached hydrogens (tertiary/aromatic N) is 2.